The molecule has 10 nitrogen and oxygen atoms in total. The molecule has 3 heterocycles. The fourth-order valence-corrected chi connectivity index (χ4v) is 9.36. The second-order valence-electron chi connectivity index (χ2n) is 14.4. The van der Waals surface area contributed by atoms with Gasteiger partial charge in [0, 0.05) is 42.1 Å². The summed E-state index contributed by atoms with van der Waals surface area (Å²) in [5.74, 6) is -0.414. The van der Waals surface area contributed by atoms with Gasteiger partial charge in [-0.25, -0.2) is 4.21 Å². The lowest BCUT2D eigenvalue weighted by Crippen LogP contribution is -2.43. The number of benzene rings is 2. The van der Waals surface area contributed by atoms with Gasteiger partial charge in [-0.2, -0.15) is 0 Å². The van der Waals surface area contributed by atoms with Gasteiger partial charge in [0.25, 0.3) is 11.8 Å². The summed E-state index contributed by atoms with van der Waals surface area (Å²) >= 11 is 6.16. The Morgan fingerprint density at radius 3 is 2.75 bits per heavy atom. The monoisotopic (exact) mass is 750 g/mol. The van der Waals surface area contributed by atoms with Crippen molar-refractivity contribution >= 4 is 39.0 Å². The van der Waals surface area contributed by atoms with E-state index >= 15 is 0 Å². The minimum Gasteiger partial charge on any atom is -0.491 e. The summed E-state index contributed by atoms with van der Waals surface area (Å²) < 4.78 is 35.7. The van der Waals surface area contributed by atoms with E-state index < -0.39 is 33.1 Å². The van der Waals surface area contributed by atoms with Crippen molar-refractivity contribution in [3.63, 3.8) is 0 Å². The Hall–Kier alpha value is -3.64. The number of allylic oxidation sites excluding steroid dienone is 1. The number of anilines is 1. The number of carbonyl (C=O) groups is 2. The molecule has 1 saturated carbocycles. The number of aromatic nitrogens is 1. The number of amides is 2. The zero-order valence-electron chi connectivity index (χ0n) is 30.3. The second-order valence-corrected chi connectivity index (χ2v) is 17.1. The molecule has 1 aromatic heterocycles. The highest BCUT2D eigenvalue weighted by molar-refractivity contribution is 7.93. The molecule has 52 heavy (non-hydrogen) atoms. The van der Waals surface area contributed by atoms with Gasteiger partial charge in [0.15, 0.2) is 0 Å². The maximum absolute atomic E-state index is 14.8. The van der Waals surface area contributed by atoms with Crippen LogP contribution in [0.25, 0.3) is 0 Å². The van der Waals surface area contributed by atoms with E-state index in [-0.39, 0.29) is 23.3 Å². The molecule has 1 fully saturated rings. The van der Waals surface area contributed by atoms with Crippen LogP contribution in [0.15, 0.2) is 71.2 Å². The van der Waals surface area contributed by atoms with E-state index in [1.54, 1.807) is 37.4 Å². The fourth-order valence-electron chi connectivity index (χ4n) is 7.27. The highest BCUT2D eigenvalue weighted by Gasteiger charge is 2.37. The molecule has 3 aromatic rings. The Bertz CT molecular complexity index is 1880. The molecule has 1 aliphatic carbocycles. The summed E-state index contributed by atoms with van der Waals surface area (Å²) in [6.45, 7) is 9.14. The van der Waals surface area contributed by atoms with E-state index in [9.17, 15) is 18.9 Å². The average Bonchev–Trinajstić information content (AvgIpc) is 3.56. The predicted octanol–water partition coefficient (Wildman–Crippen LogP) is 7.22. The number of nitrogens with one attached hydrogen (secondary N) is 1. The van der Waals surface area contributed by atoms with Gasteiger partial charge < -0.3 is 24.0 Å². The first-order chi connectivity index (χ1) is 25.0. The van der Waals surface area contributed by atoms with Crippen molar-refractivity contribution in [2.75, 3.05) is 31.2 Å². The zero-order chi connectivity index (χ0) is 36.8. The van der Waals surface area contributed by atoms with E-state index in [0.717, 1.165) is 48.5 Å². The molecule has 12 heteroatoms. The Labute approximate surface area is 312 Å². The molecule has 0 spiro atoms. The Morgan fingerprint density at radius 2 is 2.00 bits per heavy atom. The van der Waals surface area contributed by atoms with E-state index in [1.807, 2.05) is 41.8 Å². The lowest BCUT2D eigenvalue weighted by molar-refractivity contribution is 0.0462. The number of hydrogen-bond donors (Lipinski definition) is 2. The normalized spacial score (nSPS) is 27.1. The number of nitrogens with zero attached hydrogens (tertiary/aromatic N) is 3. The van der Waals surface area contributed by atoms with Crippen molar-refractivity contribution in [3.05, 3.63) is 94.3 Å². The molecule has 1 unspecified atom stereocenters. The summed E-state index contributed by atoms with van der Waals surface area (Å²) in [7, 11) is -3.62. The maximum Gasteiger partial charge on any atom is 0.286 e. The SMILES string of the molecule is CCN1C[C@@H]2CC[C@H]2[C@@H](O)/C=C/C[C@H](C)[C@@H](C)S(=O)(NC(=O)c2cc3n(c2)CCOC3)=NC(=O)c2ccc(OCCCCc3cccc(Cl)c3)c1c2. The van der Waals surface area contributed by atoms with E-state index in [2.05, 4.69) is 27.0 Å². The number of fused-ring (bicyclic) bond motifs is 4. The molecule has 6 rings (SSSR count). The third-order valence-corrected chi connectivity index (χ3v) is 13.5. The number of rotatable bonds is 9. The first kappa shape index (κ1) is 38.1. The lowest BCUT2D eigenvalue weighted by atomic mass is 9.70. The van der Waals surface area contributed by atoms with Gasteiger partial charge in [-0.05, 0) is 112 Å². The smallest absolute Gasteiger partial charge is 0.286 e. The Morgan fingerprint density at radius 1 is 1.15 bits per heavy atom. The van der Waals surface area contributed by atoms with Gasteiger partial charge in [0.05, 0.1) is 42.4 Å². The van der Waals surface area contributed by atoms with Crippen LogP contribution in [0, 0.1) is 17.8 Å². The minimum atomic E-state index is -3.62. The molecular formula is C40H51ClN4O6S. The minimum absolute atomic E-state index is 0.115. The van der Waals surface area contributed by atoms with E-state index in [4.69, 9.17) is 21.1 Å². The van der Waals surface area contributed by atoms with Crippen molar-refractivity contribution in [1.29, 1.82) is 0 Å². The van der Waals surface area contributed by atoms with Crippen LogP contribution in [0.4, 0.5) is 5.69 Å². The highest BCUT2D eigenvalue weighted by atomic mass is 35.5. The van der Waals surface area contributed by atoms with Crippen molar-refractivity contribution in [3.8, 4) is 5.75 Å². The van der Waals surface area contributed by atoms with Crippen molar-refractivity contribution in [2.45, 2.75) is 83.8 Å². The summed E-state index contributed by atoms with van der Waals surface area (Å²) in [5.41, 5.74) is 3.39. The van der Waals surface area contributed by atoms with Crippen LogP contribution in [0.5, 0.6) is 5.75 Å². The van der Waals surface area contributed by atoms with Gasteiger partial charge >= 0.3 is 0 Å². The lowest BCUT2D eigenvalue weighted by Gasteiger charge is -2.42. The molecule has 3 aliphatic rings. The number of ether oxygens (including phenoxy) is 2. The summed E-state index contributed by atoms with van der Waals surface area (Å²) in [6, 6.07) is 14.8. The van der Waals surface area contributed by atoms with Crippen molar-refractivity contribution < 1.29 is 28.4 Å². The molecule has 2 bridgehead atoms. The topological polar surface area (TPSA) is 122 Å². The number of carbonyl (C=O) groups excluding carboxylic acids is 2. The molecule has 2 amide bonds. The van der Waals surface area contributed by atoms with E-state index in [0.29, 0.717) is 57.2 Å². The number of hydrogen-bond acceptors (Lipinski definition) is 7. The number of halogens is 1. The molecule has 2 N–H and O–H groups in total. The molecule has 2 aliphatic heterocycles. The Kier molecular flexibility index (Phi) is 12.5. The average molecular weight is 751 g/mol. The van der Waals surface area contributed by atoms with Crippen LogP contribution in [0.1, 0.15) is 84.8 Å². The Balaban J connectivity index is 1.30. The van der Waals surface area contributed by atoms with Gasteiger partial charge in [-0.1, -0.05) is 42.8 Å². The summed E-state index contributed by atoms with van der Waals surface area (Å²) in [4.78, 5) is 29.8. The number of unbranched alkanes of at least 4 members (excludes halogenated alkanes) is 1. The molecular weight excluding hydrogens is 700 g/mol. The van der Waals surface area contributed by atoms with Crippen LogP contribution in [0.2, 0.25) is 5.02 Å². The molecule has 6 atom stereocenters. The number of aliphatic hydroxyl groups is 1. The first-order valence-electron chi connectivity index (χ1n) is 18.5. The first-order valence-corrected chi connectivity index (χ1v) is 20.5. The number of aliphatic hydroxyl groups excluding tert-OH is 1. The fraction of sp³-hybridized carbons (Fsp3) is 0.500. The van der Waals surface area contributed by atoms with Crippen LogP contribution >= 0.6 is 11.6 Å². The molecule has 0 saturated heterocycles. The highest BCUT2D eigenvalue weighted by Crippen LogP contribution is 2.40. The van der Waals surface area contributed by atoms with Gasteiger partial charge in [0.1, 0.15) is 15.7 Å². The molecule has 280 valence electrons. The number of aryl methyl sites for hydroxylation is 1. The van der Waals surface area contributed by atoms with Gasteiger partial charge in [-0.15, -0.1) is 4.36 Å². The third-order valence-electron chi connectivity index (χ3n) is 10.9. The van der Waals surface area contributed by atoms with Crippen LogP contribution in [-0.4, -0.2) is 63.4 Å². The quantitative estimate of drug-likeness (QED) is 0.175. The van der Waals surface area contributed by atoms with Crippen molar-refractivity contribution in [1.82, 2.24) is 9.29 Å². The van der Waals surface area contributed by atoms with Crippen LogP contribution in [-0.2, 0) is 34.2 Å². The third kappa shape index (κ3) is 8.93. The van der Waals surface area contributed by atoms with Gasteiger partial charge in [0.2, 0.25) is 0 Å². The summed E-state index contributed by atoms with van der Waals surface area (Å²) in [6.07, 6.45) is 9.97. The zero-order valence-corrected chi connectivity index (χ0v) is 31.9. The predicted molar refractivity (Wildman–Crippen MR) is 205 cm³/mol. The van der Waals surface area contributed by atoms with Crippen LogP contribution in [0.3, 0.4) is 0 Å². The standard InChI is InChI=1S/C40H51ClN4O6S/c1-4-44-24-31-14-16-35(31)37(46)13-7-9-27(2)28(3)52(49,43-40(48)32-22-34-26-50-20-18-45(34)25-32)42-39(47)30-15-17-38(36(44)23-30)51-19-6-5-10-29-11-8-12-33(41)21-29/h7-8,11-13,15,17,21-23,25,27-28,31,35,37,46H,4-6,9-10,14,16,18-20,24,26H2,1-3H3,(H,42,43,47,48,49)/b13-7+/t27-,28+,31-,35+,37-,52?/m0/s1. The van der Waals surface area contributed by atoms with Gasteiger partial charge in [-0.3, -0.25) is 14.3 Å². The maximum atomic E-state index is 14.8. The van der Waals surface area contributed by atoms with Crippen LogP contribution < -0.4 is 14.4 Å². The molecule has 0 radical (unpaired) electrons. The second kappa shape index (κ2) is 17.0. The van der Waals surface area contributed by atoms with Crippen molar-refractivity contribution in [2.24, 2.45) is 22.1 Å². The summed E-state index contributed by atoms with van der Waals surface area (Å²) in [5, 5.41) is 11.2. The van der Waals surface area contributed by atoms with E-state index in [1.165, 1.54) is 5.56 Å². The molecule has 2 aromatic carbocycles. The largest absolute Gasteiger partial charge is 0.491 e.